The van der Waals surface area contributed by atoms with Crippen molar-refractivity contribution < 1.29 is 27.5 Å². The van der Waals surface area contributed by atoms with Crippen molar-refractivity contribution in [3.05, 3.63) is 0 Å². The number of ether oxygens (including phenoxy) is 1. The number of rotatable bonds is 3. The lowest BCUT2D eigenvalue weighted by Crippen LogP contribution is -2.56. The highest BCUT2D eigenvalue weighted by atomic mass is 35.5. The summed E-state index contributed by atoms with van der Waals surface area (Å²) in [5, 5.41) is 0. The average Bonchev–Trinajstić information content (AvgIpc) is 1.98. The van der Waals surface area contributed by atoms with E-state index in [1.165, 1.54) is 0 Å². The molecule has 0 saturated heterocycles. The van der Waals surface area contributed by atoms with Crippen LogP contribution >= 0.6 is 12.4 Å². The molecule has 15 heavy (non-hydrogen) atoms. The number of primary amides is 1. The van der Waals surface area contributed by atoms with Crippen molar-refractivity contribution in [3.63, 3.8) is 0 Å². The molecule has 0 aliphatic rings. The molecule has 0 heterocycles. The Morgan fingerprint density at radius 3 is 2.00 bits per heavy atom. The topological polar surface area (TPSA) is 95.4 Å². The molecule has 90 valence electrons. The Morgan fingerprint density at radius 2 is 1.73 bits per heavy atom. The molecule has 0 aliphatic carbocycles. The first-order chi connectivity index (χ1) is 6.07. The molecule has 5 nitrogen and oxygen atoms in total. The third-order valence-corrected chi connectivity index (χ3v) is 1.30. The molecule has 0 fully saturated rings. The van der Waals surface area contributed by atoms with E-state index in [9.17, 15) is 22.8 Å². The summed E-state index contributed by atoms with van der Waals surface area (Å²) in [5.41, 5.74) is 7.44. The number of amides is 1. The van der Waals surface area contributed by atoms with Gasteiger partial charge in [0.2, 0.25) is 5.91 Å². The highest BCUT2D eigenvalue weighted by molar-refractivity contribution is 6.05. The van der Waals surface area contributed by atoms with E-state index in [4.69, 9.17) is 5.73 Å². The smallest absolute Gasteiger partial charge is 0.422 e. The monoisotopic (exact) mass is 250 g/mol. The molecule has 1 amide bonds. The first-order valence-corrected chi connectivity index (χ1v) is 3.40. The van der Waals surface area contributed by atoms with Crippen molar-refractivity contribution >= 4 is 24.3 Å². The predicted molar refractivity (Wildman–Crippen MR) is 46.0 cm³/mol. The van der Waals surface area contributed by atoms with Crippen LogP contribution in [0.15, 0.2) is 0 Å². The second-order valence-electron chi connectivity index (χ2n) is 2.76. The van der Waals surface area contributed by atoms with E-state index in [2.05, 4.69) is 10.5 Å². The molecule has 0 unspecified atom stereocenters. The Balaban J connectivity index is 0. The van der Waals surface area contributed by atoms with Crippen LogP contribution in [-0.4, -0.2) is 30.2 Å². The van der Waals surface area contributed by atoms with Crippen molar-refractivity contribution in [3.8, 4) is 0 Å². The number of hydrogen-bond donors (Lipinski definition) is 2. The first kappa shape index (κ1) is 16.4. The van der Waals surface area contributed by atoms with Gasteiger partial charge < -0.3 is 16.2 Å². The highest BCUT2D eigenvalue weighted by Gasteiger charge is 2.39. The summed E-state index contributed by atoms with van der Waals surface area (Å²) >= 11 is 0. The summed E-state index contributed by atoms with van der Waals surface area (Å²) in [6.07, 6.45) is -4.66. The normalized spacial score (nSPS) is 14.7. The van der Waals surface area contributed by atoms with Crippen LogP contribution in [0.1, 0.15) is 6.92 Å². The van der Waals surface area contributed by atoms with Crippen LogP contribution in [0.25, 0.3) is 0 Å². The standard InChI is InChI=1S/C6H9F3N2O3.ClH/c1-5(11,3(10)12)4(13)14-2-6(7,8)9;/h2,11H2,1H3,(H2,10,12);1H/t5-;/m1./s1. The maximum atomic E-state index is 11.6. The Hall–Kier alpha value is -1.02. The van der Waals surface area contributed by atoms with E-state index in [0.29, 0.717) is 0 Å². The van der Waals surface area contributed by atoms with Gasteiger partial charge in [0, 0.05) is 0 Å². The van der Waals surface area contributed by atoms with E-state index < -0.39 is 30.2 Å². The van der Waals surface area contributed by atoms with Gasteiger partial charge in [-0.05, 0) is 6.92 Å². The molecule has 0 spiro atoms. The molecule has 0 aromatic rings. The lowest BCUT2D eigenvalue weighted by Gasteiger charge is -2.18. The van der Waals surface area contributed by atoms with Gasteiger partial charge in [-0.25, -0.2) is 4.79 Å². The fraction of sp³-hybridized carbons (Fsp3) is 0.667. The molecule has 0 bridgehead atoms. The molecule has 0 aromatic heterocycles. The van der Waals surface area contributed by atoms with Gasteiger partial charge in [-0.3, -0.25) is 4.79 Å². The lowest BCUT2D eigenvalue weighted by molar-refractivity contribution is -0.190. The largest absolute Gasteiger partial charge is 0.454 e. The molecule has 0 radical (unpaired) electrons. The van der Waals surface area contributed by atoms with Gasteiger partial charge in [0.25, 0.3) is 0 Å². The zero-order valence-electron chi connectivity index (χ0n) is 7.63. The minimum absolute atomic E-state index is 0. The summed E-state index contributed by atoms with van der Waals surface area (Å²) in [4.78, 5) is 21.3. The van der Waals surface area contributed by atoms with Crippen LogP contribution < -0.4 is 11.5 Å². The number of hydrogen-bond acceptors (Lipinski definition) is 4. The zero-order chi connectivity index (χ0) is 11.6. The summed E-state index contributed by atoms with van der Waals surface area (Å²) in [6, 6.07) is 0. The van der Waals surface area contributed by atoms with Gasteiger partial charge in [0.1, 0.15) is 0 Å². The van der Waals surface area contributed by atoms with Crippen LogP contribution in [0.5, 0.6) is 0 Å². The number of halogens is 4. The van der Waals surface area contributed by atoms with Crippen molar-refractivity contribution in [2.45, 2.75) is 18.6 Å². The second-order valence-corrected chi connectivity index (χ2v) is 2.76. The average molecular weight is 251 g/mol. The van der Waals surface area contributed by atoms with E-state index >= 15 is 0 Å². The van der Waals surface area contributed by atoms with Crippen LogP contribution in [0.4, 0.5) is 13.2 Å². The molecule has 4 N–H and O–H groups in total. The fourth-order valence-corrected chi connectivity index (χ4v) is 0.398. The molecule has 1 atom stereocenters. The van der Waals surface area contributed by atoms with E-state index in [1.54, 1.807) is 0 Å². The summed E-state index contributed by atoms with van der Waals surface area (Å²) in [6.45, 7) is -0.931. The van der Waals surface area contributed by atoms with Gasteiger partial charge in [-0.2, -0.15) is 13.2 Å². The van der Waals surface area contributed by atoms with Crippen molar-refractivity contribution in [1.82, 2.24) is 0 Å². The zero-order valence-corrected chi connectivity index (χ0v) is 8.45. The first-order valence-electron chi connectivity index (χ1n) is 3.40. The highest BCUT2D eigenvalue weighted by Crippen LogP contribution is 2.15. The third-order valence-electron chi connectivity index (χ3n) is 1.30. The van der Waals surface area contributed by atoms with Crippen LogP contribution in [-0.2, 0) is 14.3 Å². The fourth-order valence-electron chi connectivity index (χ4n) is 0.398. The maximum absolute atomic E-state index is 11.6. The lowest BCUT2D eigenvalue weighted by atomic mass is 10.0. The second kappa shape index (κ2) is 5.17. The van der Waals surface area contributed by atoms with Gasteiger partial charge in [-0.1, -0.05) is 0 Å². The van der Waals surface area contributed by atoms with Crippen molar-refractivity contribution in [2.75, 3.05) is 6.61 Å². The Kier molecular flexibility index (Phi) is 5.66. The van der Waals surface area contributed by atoms with Gasteiger partial charge in [0.15, 0.2) is 12.1 Å². The summed E-state index contributed by atoms with van der Waals surface area (Å²) < 4.78 is 38.5. The quantitative estimate of drug-likeness (QED) is 0.532. The minimum atomic E-state index is -4.66. The van der Waals surface area contributed by atoms with Crippen LogP contribution in [0.3, 0.4) is 0 Å². The van der Waals surface area contributed by atoms with Crippen molar-refractivity contribution in [2.24, 2.45) is 11.5 Å². The van der Waals surface area contributed by atoms with Crippen molar-refractivity contribution in [1.29, 1.82) is 0 Å². The number of alkyl halides is 3. The van der Waals surface area contributed by atoms with E-state index in [0.717, 1.165) is 6.92 Å². The van der Waals surface area contributed by atoms with E-state index in [-0.39, 0.29) is 12.4 Å². The number of carbonyl (C=O) groups excluding carboxylic acids is 2. The van der Waals surface area contributed by atoms with Crippen LogP contribution in [0.2, 0.25) is 0 Å². The molecule has 0 aliphatic heterocycles. The number of nitrogens with two attached hydrogens (primary N) is 2. The number of carbonyl (C=O) groups is 2. The number of esters is 1. The molecule has 0 aromatic carbocycles. The molecule has 0 saturated carbocycles. The summed E-state index contributed by atoms with van der Waals surface area (Å²) in [7, 11) is 0. The molecule has 0 rings (SSSR count). The third kappa shape index (κ3) is 5.43. The van der Waals surface area contributed by atoms with Gasteiger partial charge in [0.05, 0.1) is 0 Å². The van der Waals surface area contributed by atoms with Gasteiger partial charge in [-0.15, -0.1) is 12.4 Å². The molecule has 9 heteroatoms. The Morgan fingerprint density at radius 1 is 1.33 bits per heavy atom. The minimum Gasteiger partial charge on any atom is -0.454 e. The Bertz CT molecular complexity index is 254. The predicted octanol–water partition coefficient (Wildman–Crippen LogP) is -0.284. The maximum Gasteiger partial charge on any atom is 0.422 e. The van der Waals surface area contributed by atoms with Gasteiger partial charge >= 0.3 is 12.1 Å². The molecular formula is C6H10ClF3N2O3. The molecular weight excluding hydrogens is 241 g/mol. The summed E-state index contributed by atoms with van der Waals surface area (Å²) in [5.74, 6) is -2.77. The SMILES string of the molecule is C[C@@](N)(C(N)=O)C(=O)OCC(F)(F)F.Cl. The van der Waals surface area contributed by atoms with E-state index in [1.807, 2.05) is 0 Å². The van der Waals surface area contributed by atoms with Crippen LogP contribution in [0, 0.1) is 0 Å². The Labute approximate surface area is 89.3 Å².